The number of carbonyl (C=O) groups excluding carboxylic acids is 1. The van der Waals surface area contributed by atoms with E-state index in [-0.39, 0.29) is 22.7 Å². The number of benzene rings is 2. The van der Waals surface area contributed by atoms with Crippen LogP contribution < -0.4 is 10.2 Å². The minimum absolute atomic E-state index is 0.0482. The lowest BCUT2D eigenvalue weighted by Crippen LogP contribution is -2.44. The average Bonchev–Trinajstić information content (AvgIpc) is 2.65. The number of nitro benzene ring substituents is 1. The summed E-state index contributed by atoms with van der Waals surface area (Å²) < 4.78 is 0.974. The highest BCUT2D eigenvalue weighted by Gasteiger charge is 2.24. The van der Waals surface area contributed by atoms with Crippen LogP contribution in [0.5, 0.6) is 5.75 Å². The molecule has 0 atom stereocenters. The number of phenolic OH excluding ortho intramolecular Hbond substituents is 1. The van der Waals surface area contributed by atoms with Gasteiger partial charge in [-0.25, -0.2) is 0 Å². The van der Waals surface area contributed by atoms with Crippen molar-refractivity contribution in [2.24, 2.45) is 0 Å². The summed E-state index contributed by atoms with van der Waals surface area (Å²) in [5.74, 6) is -0.773. The highest BCUT2D eigenvalue weighted by atomic mass is 79.9. The highest BCUT2D eigenvalue weighted by Crippen LogP contribution is 2.34. The normalized spacial score (nSPS) is 14.8. The van der Waals surface area contributed by atoms with Gasteiger partial charge in [-0.1, -0.05) is 15.9 Å². The molecule has 3 rings (SSSR count). The summed E-state index contributed by atoms with van der Waals surface area (Å²) in [6, 6.07) is 7.71. The molecule has 0 aromatic heterocycles. The molecule has 1 saturated heterocycles. The van der Waals surface area contributed by atoms with Gasteiger partial charge in [0.15, 0.2) is 0 Å². The molecule has 2 aromatic carbocycles. The minimum Gasteiger partial charge on any atom is -0.506 e. The number of anilines is 2. The van der Waals surface area contributed by atoms with Crippen LogP contribution in [0.2, 0.25) is 0 Å². The van der Waals surface area contributed by atoms with Gasteiger partial charge >= 0.3 is 0 Å². The first kappa shape index (κ1) is 20.6. The zero-order valence-electron chi connectivity index (χ0n) is 15.0. The zero-order valence-corrected chi connectivity index (χ0v) is 18.2. The van der Waals surface area contributed by atoms with Gasteiger partial charge in [-0.15, -0.1) is 0 Å². The maximum atomic E-state index is 12.5. The molecule has 8 nitrogen and oxygen atoms in total. The molecular formula is C18H18Br2N4O4. The number of likely N-dealkylation sites (N-methyl/N-ethyl adjacent to an activating group) is 1. The number of amides is 1. The van der Waals surface area contributed by atoms with Crippen LogP contribution in [0, 0.1) is 10.1 Å². The Hall–Kier alpha value is -2.17. The van der Waals surface area contributed by atoms with Crippen LogP contribution in [0.25, 0.3) is 0 Å². The van der Waals surface area contributed by atoms with E-state index in [1.807, 2.05) is 11.9 Å². The van der Waals surface area contributed by atoms with Gasteiger partial charge in [-0.05, 0) is 47.2 Å². The summed E-state index contributed by atoms with van der Waals surface area (Å²) in [6.07, 6.45) is 0. The van der Waals surface area contributed by atoms with Crippen molar-refractivity contribution in [1.82, 2.24) is 4.90 Å². The second kappa shape index (κ2) is 8.46. The van der Waals surface area contributed by atoms with Crippen molar-refractivity contribution in [1.29, 1.82) is 0 Å². The van der Waals surface area contributed by atoms with Gasteiger partial charge in [0.2, 0.25) is 0 Å². The number of hydrogen-bond donors (Lipinski definition) is 2. The van der Waals surface area contributed by atoms with E-state index in [0.717, 1.165) is 13.1 Å². The first-order chi connectivity index (χ1) is 13.3. The predicted molar refractivity (Wildman–Crippen MR) is 114 cm³/mol. The van der Waals surface area contributed by atoms with Crippen molar-refractivity contribution in [3.63, 3.8) is 0 Å². The van der Waals surface area contributed by atoms with E-state index in [9.17, 15) is 20.0 Å². The summed E-state index contributed by atoms with van der Waals surface area (Å²) in [4.78, 5) is 27.8. The van der Waals surface area contributed by atoms with E-state index in [1.54, 1.807) is 18.2 Å². The lowest BCUT2D eigenvalue weighted by Gasteiger charge is -2.33. The van der Waals surface area contributed by atoms with E-state index in [0.29, 0.717) is 27.7 Å². The summed E-state index contributed by atoms with van der Waals surface area (Å²) in [5.41, 5.74) is 0.795. The Morgan fingerprint density at radius 1 is 1.18 bits per heavy atom. The number of nitrogens with zero attached hydrogens (tertiary/aromatic N) is 3. The van der Waals surface area contributed by atoms with Crippen LogP contribution in [0.1, 0.15) is 10.4 Å². The van der Waals surface area contributed by atoms with E-state index >= 15 is 0 Å². The first-order valence-corrected chi connectivity index (χ1v) is 10.1. The molecule has 10 heteroatoms. The van der Waals surface area contributed by atoms with Crippen molar-refractivity contribution < 1.29 is 14.8 Å². The molecule has 0 unspecified atom stereocenters. The largest absolute Gasteiger partial charge is 0.506 e. The molecule has 1 aliphatic heterocycles. The van der Waals surface area contributed by atoms with Crippen LogP contribution in [0.15, 0.2) is 39.3 Å². The van der Waals surface area contributed by atoms with Crippen molar-refractivity contribution in [3.8, 4) is 5.75 Å². The highest BCUT2D eigenvalue weighted by molar-refractivity contribution is 9.11. The van der Waals surface area contributed by atoms with Crippen molar-refractivity contribution in [2.75, 3.05) is 43.4 Å². The number of carbonyl (C=O) groups is 1. The Labute approximate surface area is 178 Å². The smallest absolute Gasteiger partial charge is 0.294 e. The molecule has 1 amide bonds. The fourth-order valence-electron chi connectivity index (χ4n) is 3.00. The predicted octanol–water partition coefficient (Wildman–Crippen LogP) is 3.83. The standard InChI is InChI=1S/C18H18Br2N4O4/c1-22-4-6-23(7-5-22)15-3-2-12(10-16(15)24(27)28)21-18(26)13-8-11(19)9-14(20)17(13)25/h2-3,8-10,25H,4-7H2,1H3,(H,21,26). The third kappa shape index (κ3) is 4.45. The lowest BCUT2D eigenvalue weighted by molar-refractivity contribution is -0.384. The number of piperazine rings is 1. The Kier molecular flexibility index (Phi) is 6.21. The van der Waals surface area contributed by atoms with Gasteiger partial charge in [-0.2, -0.15) is 0 Å². The molecule has 1 fully saturated rings. The molecule has 0 spiro atoms. The lowest BCUT2D eigenvalue weighted by atomic mass is 10.1. The van der Waals surface area contributed by atoms with Crippen LogP contribution in [0.3, 0.4) is 0 Å². The summed E-state index contributed by atoms with van der Waals surface area (Å²) >= 11 is 6.45. The van der Waals surface area contributed by atoms with Crippen LogP contribution >= 0.6 is 31.9 Å². The second-order valence-electron chi connectivity index (χ2n) is 6.49. The monoisotopic (exact) mass is 512 g/mol. The Bertz CT molecular complexity index is 930. The average molecular weight is 514 g/mol. The van der Waals surface area contributed by atoms with Gasteiger partial charge in [0.05, 0.1) is 15.0 Å². The molecule has 0 bridgehead atoms. The molecule has 2 N–H and O–H groups in total. The van der Waals surface area contributed by atoms with Gasteiger partial charge in [0.25, 0.3) is 11.6 Å². The third-order valence-electron chi connectivity index (χ3n) is 4.55. The zero-order chi connectivity index (χ0) is 20.4. The van der Waals surface area contributed by atoms with E-state index < -0.39 is 10.8 Å². The fourth-order valence-corrected chi connectivity index (χ4v) is 4.22. The van der Waals surface area contributed by atoms with Crippen molar-refractivity contribution in [2.45, 2.75) is 0 Å². The molecule has 0 aliphatic carbocycles. The third-order valence-corrected chi connectivity index (χ3v) is 5.61. The second-order valence-corrected chi connectivity index (χ2v) is 8.26. The van der Waals surface area contributed by atoms with Crippen LogP contribution in [-0.2, 0) is 0 Å². The van der Waals surface area contributed by atoms with Gasteiger partial charge in [0, 0.05) is 42.4 Å². The van der Waals surface area contributed by atoms with Crippen LogP contribution in [0.4, 0.5) is 17.1 Å². The van der Waals surface area contributed by atoms with E-state index in [1.165, 1.54) is 12.1 Å². The summed E-state index contributed by atoms with van der Waals surface area (Å²) in [5, 5.41) is 24.3. The maximum absolute atomic E-state index is 12.5. The Balaban J connectivity index is 1.86. The molecule has 148 valence electrons. The topological polar surface area (TPSA) is 99.0 Å². The molecule has 1 aliphatic rings. The molecule has 0 radical (unpaired) electrons. The van der Waals surface area contributed by atoms with Crippen molar-refractivity contribution >= 4 is 54.8 Å². The van der Waals surface area contributed by atoms with Gasteiger partial charge in [-0.3, -0.25) is 14.9 Å². The Morgan fingerprint density at radius 2 is 1.86 bits per heavy atom. The molecule has 0 saturated carbocycles. The minimum atomic E-state index is -0.568. The molecule has 1 heterocycles. The number of aromatic hydroxyl groups is 1. The Morgan fingerprint density at radius 3 is 2.50 bits per heavy atom. The number of rotatable bonds is 4. The fraction of sp³-hybridized carbons (Fsp3) is 0.278. The maximum Gasteiger partial charge on any atom is 0.294 e. The molecule has 2 aromatic rings. The van der Waals surface area contributed by atoms with Crippen molar-refractivity contribution in [3.05, 3.63) is 55.0 Å². The molecular weight excluding hydrogens is 496 g/mol. The first-order valence-electron chi connectivity index (χ1n) is 8.47. The number of nitro groups is 1. The van der Waals surface area contributed by atoms with Gasteiger partial charge < -0.3 is 20.2 Å². The number of hydrogen-bond acceptors (Lipinski definition) is 6. The quantitative estimate of drug-likeness (QED) is 0.476. The number of nitrogens with one attached hydrogen (secondary N) is 1. The van der Waals surface area contributed by atoms with Gasteiger partial charge in [0.1, 0.15) is 11.4 Å². The van der Waals surface area contributed by atoms with E-state index in [2.05, 4.69) is 42.1 Å². The van der Waals surface area contributed by atoms with Crippen LogP contribution in [-0.4, -0.2) is 54.1 Å². The summed E-state index contributed by atoms with van der Waals surface area (Å²) in [7, 11) is 2.01. The molecule has 28 heavy (non-hydrogen) atoms. The van der Waals surface area contributed by atoms with E-state index in [4.69, 9.17) is 0 Å². The SMILES string of the molecule is CN1CCN(c2ccc(NC(=O)c3cc(Br)cc(Br)c3O)cc2[N+](=O)[O-])CC1. The number of halogens is 2. The number of phenols is 1. The summed E-state index contributed by atoms with van der Waals surface area (Å²) in [6.45, 7) is 3.05.